The van der Waals surface area contributed by atoms with Crippen LogP contribution in [0.25, 0.3) is 0 Å². The molecule has 1 aromatic rings. The second-order valence-electron chi connectivity index (χ2n) is 8.44. The van der Waals surface area contributed by atoms with E-state index in [0.29, 0.717) is 24.3 Å². The van der Waals surface area contributed by atoms with E-state index in [-0.39, 0.29) is 24.4 Å². The average Bonchev–Trinajstić information content (AvgIpc) is 2.86. The number of nitrogens with zero attached hydrogens (tertiary/aromatic N) is 2. The number of carboxylic acids is 1. The number of hydrogen-bond donors (Lipinski definition) is 2. The number of amides is 2. The van der Waals surface area contributed by atoms with Gasteiger partial charge in [0.05, 0.1) is 17.8 Å². The summed E-state index contributed by atoms with van der Waals surface area (Å²) in [5, 5.41) is 11.9. The molecular formula is C21H31N3O4. The van der Waals surface area contributed by atoms with Crippen molar-refractivity contribution >= 4 is 23.5 Å². The van der Waals surface area contributed by atoms with E-state index in [9.17, 15) is 14.4 Å². The van der Waals surface area contributed by atoms with Crippen molar-refractivity contribution in [2.75, 3.05) is 32.0 Å². The van der Waals surface area contributed by atoms with Crippen molar-refractivity contribution in [3.8, 4) is 0 Å². The second kappa shape index (κ2) is 9.19. The molecule has 0 aromatic heterocycles. The molecule has 1 aliphatic rings. The Balaban J connectivity index is 2.10. The molecule has 1 fully saturated rings. The number of benzene rings is 1. The SMILES string of the molecule is CN(CC(=O)O)C1CCCN(C(=O)c2ccccc2NC(=O)C(C)(C)C)CC1. The summed E-state index contributed by atoms with van der Waals surface area (Å²) in [6.45, 7) is 6.67. The second-order valence-corrected chi connectivity index (χ2v) is 8.44. The molecule has 1 aromatic carbocycles. The van der Waals surface area contributed by atoms with Gasteiger partial charge in [-0.05, 0) is 38.4 Å². The van der Waals surface area contributed by atoms with Gasteiger partial charge in [0.1, 0.15) is 0 Å². The smallest absolute Gasteiger partial charge is 0.317 e. The topological polar surface area (TPSA) is 90.0 Å². The standard InChI is InChI=1S/C21H31N3O4/c1-21(2,3)20(28)22-17-10-6-5-9-16(17)19(27)24-12-7-8-15(11-13-24)23(4)14-18(25)26/h5-6,9-10,15H,7-8,11-14H2,1-4H3,(H,22,28)(H,25,26). The summed E-state index contributed by atoms with van der Waals surface area (Å²) in [5.74, 6) is -1.09. The molecule has 0 spiro atoms. The number of nitrogens with one attached hydrogen (secondary N) is 1. The lowest BCUT2D eigenvalue weighted by atomic mass is 9.95. The molecular weight excluding hydrogens is 358 g/mol. The van der Waals surface area contributed by atoms with Gasteiger partial charge in [-0.1, -0.05) is 32.9 Å². The van der Waals surface area contributed by atoms with Gasteiger partial charge >= 0.3 is 5.97 Å². The molecule has 1 aliphatic heterocycles. The maximum Gasteiger partial charge on any atom is 0.317 e. The summed E-state index contributed by atoms with van der Waals surface area (Å²) in [4.78, 5) is 40.1. The van der Waals surface area contributed by atoms with Crippen molar-refractivity contribution in [1.82, 2.24) is 9.80 Å². The highest BCUT2D eigenvalue weighted by Crippen LogP contribution is 2.23. The molecule has 28 heavy (non-hydrogen) atoms. The van der Waals surface area contributed by atoms with Crippen molar-refractivity contribution in [3.63, 3.8) is 0 Å². The van der Waals surface area contributed by atoms with Gasteiger partial charge in [0, 0.05) is 24.5 Å². The Hall–Kier alpha value is -2.41. The molecule has 1 unspecified atom stereocenters. The Bertz CT molecular complexity index is 727. The van der Waals surface area contributed by atoms with Crippen LogP contribution in [0.5, 0.6) is 0 Å². The Labute approximate surface area is 166 Å². The third-order valence-corrected chi connectivity index (χ3v) is 5.08. The molecule has 7 heteroatoms. The van der Waals surface area contributed by atoms with Gasteiger partial charge in [-0.2, -0.15) is 0 Å². The maximum atomic E-state index is 13.1. The number of aliphatic carboxylic acids is 1. The van der Waals surface area contributed by atoms with Crippen LogP contribution < -0.4 is 5.32 Å². The van der Waals surface area contributed by atoms with Gasteiger partial charge in [-0.15, -0.1) is 0 Å². The summed E-state index contributed by atoms with van der Waals surface area (Å²) in [5.41, 5.74) is 0.453. The summed E-state index contributed by atoms with van der Waals surface area (Å²) in [6, 6.07) is 7.22. The number of hydrogen-bond acceptors (Lipinski definition) is 4. The van der Waals surface area contributed by atoms with E-state index >= 15 is 0 Å². The number of likely N-dealkylation sites (tertiary alicyclic amines) is 1. The summed E-state index contributed by atoms with van der Waals surface area (Å²) < 4.78 is 0. The quantitative estimate of drug-likeness (QED) is 0.808. The minimum absolute atomic E-state index is 0.000279. The Morgan fingerprint density at radius 1 is 1.18 bits per heavy atom. The van der Waals surface area contributed by atoms with Crippen LogP contribution in [0.15, 0.2) is 24.3 Å². The fourth-order valence-corrected chi connectivity index (χ4v) is 3.32. The fourth-order valence-electron chi connectivity index (χ4n) is 3.32. The van der Waals surface area contributed by atoms with Gasteiger partial charge in [-0.25, -0.2) is 0 Å². The molecule has 1 saturated heterocycles. The number of para-hydroxylation sites is 1. The zero-order valence-corrected chi connectivity index (χ0v) is 17.2. The molecule has 0 bridgehead atoms. The van der Waals surface area contributed by atoms with Crippen LogP contribution in [0.1, 0.15) is 50.4 Å². The average molecular weight is 389 g/mol. The van der Waals surface area contributed by atoms with E-state index in [1.807, 2.05) is 32.7 Å². The lowest BCUT2D eigenvalue weighted by Crippen LogP contribution is -2.37. The molecule has 0 saturated carbocycles. The van der Waals surface area contributed by atoms with E-state index in [2.05, 4.69) is 5.32 Å². The fraction of sp³-hybridized carbons (Fsp3) is 0.571. The van der Waals surface area contributed by atoms with Crippen LogP contribution in [0.3, 0.4) is 0 Å². The Morgan fingerprint density at radius 3 is 2.50 bits per heavy atom. The first-order chi connectivity index (χ1) is 13.1. The summed E-state index contributed by atoms with van der Waals surface area (Å²) >= 11 is 0. The summed E-state index contributed by atoms with van der Waals surface area (Å²) in [7, 11) is 1.81. The molecule has 154 valence electrons. The van der Waals surface area contributed by atoms with E-state index in [0.717, 1.165) is 19.3 Å². The molecule has 0 aliphatic carbocycles. The van der Waals surface area contributed by atoms with E-state index in [1.54, 1.807) is 29.2 Å². The monoisotopic (exact) mass is 389 g/mol. The number of carbonyl (C=O) groups excluding carboxylic acids is 2. The van der Waals surface area contributed by atoms with Gasteiger partial charge < -0.3 is 15.3 Å². The van der Waals surface area contributed by atoms with Crippen LogP contribution >= 0.6 is 0 Å². The van der Waals surface area contributed by atoms with Crippen molar-refractivity contribution < 1.29 is 19.5 Å². The zero-order valence-electron chi connectivity index (χ0n) is 17.2. The molecule has 1 heterocycles. The first-order valence-electron chi connectivity index (χ1n) is 9.71. The van der Waals surface area contributed by atoms with E-state index in [4.69, 9.17) is 5.11 Å². The van der Waals surface area contributed by atoms with E-state index in [1.165, 1.54) is 0 Å². The highest BCUT2D eigenvalue weighted by Gasteiger charge is 2.27. The molecule has 7 nitrogen and oxygen atoms in total. The van der Waals surface area contributed by atoms with Crippen LogP contribution in [0.4, 0.5) is 5.69 Å². The van der Waals surface area contributed by atoms with Crippen LogP contribution in [-0.2, 0) is 9.59 Å². The predicted molar refractivity (Wildman–Crippen MR) is 108 cm³/mol. The minimum Gasteiger partial charge on any atom is -0.480 e. The first kappa shape index (κ1) is 21.9. The molecule has 2 rings (SSSR count). The Kier molecular flexibility index (Phi) is 7.18. The number of rotatable bonds is 5. The van der Waals surface area contributed by atoms with Crippen molar-refractivity contribution in [3.05, 3.63) is 29.8 Å². The van der Waals surface area contributed by atoms with Crippen molar-refractivity contribution in [2.24, 2.45) is 5.41 Å². The van der Waals surface area contributed by atoms with Gasteiger partial charge in [0.15, 0.2) is 0 Å². The lowest BCUT2D eigenvalue weighted by Gasteiger charge is -2.26. The van der Waals surface area contributed by atoms with Crippen molar-refractivity contribution in [2.45, 2.75) is 46.1 Å². The van der Waals surface area contributed by atoms with Gasteiger partial charge in [0.2, 0.25) is 5.91 Å². The molecule has 2 amide bonds. The number of likely N-dealkylation sites (N-methyl/N-ethyl adjacent to an activating group) is 1. The largest absolute Gasteiger partial charge is 0.480 e. The first-order valence-corrected chi connectivity index (χ1v) is 9.71. The highest BCUT2D eigenvalue weighted by atomic mass is 16.4. The van der Waals surface area contributed by atoms with Gasteiger partial charge in [-0.3, -0.25) is 19.3 Å². The maximum absolute atomic E-state index is 13.1. The predicted octanol–water partition coefficient (Wildman–Crippen LogP) is 2.68. The third-order valence-electron chi connectivity index (χ3n) is 5.08. The Morgan fingerprint density at radius 2 is 1.86 bits per heavy atom. The minimum atomic E-state index is -0.844. The van der Waals surface area contributed by atoms with Crippen LogP contribution in [-0.4, -0.2) is 65.4 Å². The van der Waals surface area contributed by atoms with E-state index < -0.39 is 11.4 Å². The molecule has 0 radical (unpaired) electrons. The number of anilines is 1. The normalized spacial score (nSPS) is 17.9. The zero-order chi connectivity index (χ0) is 20.9. The van der Waals surface area contributed by atoms with Gasteiger partial charge in [0.25, 0.3) is 5.91 Å². The lowest BCUT2D eigenvalue weighted by molar-refractivity contribution is -0.138. The number of carbonyl (C=O) groups is 3. The van der Waals surface area contributed by atoms with Crippen LogP contribution in [0, 0.1) is 5.41 Å². The third kappa shape index (κ3) is 5.79. The number of carboxylic acid groups (broad SMARTS) is 1. The highest BCUT2D eigenvalue weighted by molar-refractivity contribution is 6.04. The van der Waals surface area contributed by atoms with Crippen molar-refractivity contribution in [1.29, 1.82) is 0 Å². The summed E-state index contributed by atoms with van der Waals surface area (Å²) in [6.07, 6.45) is 2.40. The van der Waals surface area contributed by atoms with Crippen LogP contribution in [0.2, 0.25) is 0 Å². The molecule has 1 atom stereocenters. The molecule has 2 N–H and O–H groups in total.